The summed E-state index contributed by atoms with van der Waals surface area (Å²) in [6.07, 6.45) is 1.79. The Kier molecular flexibility index (Phi) is 6.55. The van der Waals surface area contributed by atoms with E-state index in [1.54, 1.807) is 17.5 Å². The average molecular weight is 479 g/mol. The summed E-state index contributed by atoms with van der Waals surface area (Å²) in [4.78, 5) is 18.5. The number of pyridine rings is 1. The lowest BCUT2D eigenvalue weighted by molar-refractivity contribution is -0.121. The molecule has 0 radical (unpaired) electrons. The Bertz CT molecular complexity index is 1480. The van der Waals surface area contributed by atoms with Crippen molar-refractivity contribution >= 4 is 28.1 Å². The Morgan fingerprint density at radius 2 is 1.86 bits per heavy atom. The molecule has 0 unspecified atom stereocenters. The number of rotatable bonds is 8. The number of hydrogen-bond acceptors (Lipinski definition) is 5. The van der Waals surface area contributed by atoms with Gasteiger partial charge in [0.25, 0.3) is 0 Å². The van der Waals surface area contributed by atoms with E-state index < -0.39 is 0 Å². The van der Waals surface area contributed by atoms with E-state index in [1.807, 2.05) is 72.1 Å². The van der Waals surface area contributed by atoms with Gasteiger partial charge in [0.05, 0.1) is 22.8 Å². The van der Waals surface area contributed by atoms with Crippen LogP contribution in [-0.4, -0.2) is 22.1 Å². The van der Waals surface area contributed by atoms with Crippen molar-refractivity contribution in [2.45, 2.75) is 13.1 Å². The molecule has 0 saturated carbocycles. The first kappa shape index (κ1) is 22.4. The number of amides is 1. The van der Waals surface area contributed by atoms with Crippen LogP contribution in [0.5, 0.6) is 5.75 Å². The molecule has 1 N–H and O–H groups in total. The molecule has 0 aliphatic carbocycles. The van der Waals surface area contributed by atoms with Crippen molar-refractivity contribution in [1.29, 1.82) is 5.26 Å². The van der Waals surface area contributed by atoms with Gasteiger partial charge in [-0.1, -0.05) is 42.5 Å². The van der Waals surface area contributed by atoms with Crippen LogP contribution in [-0.2, 0) is 17.9 Å². The second-order valence-electron chi connectivity index (χ2n) is 7.94. The van der Waals surface area contributed by atoms with Crippen LogP contribution in [0.4, 0.5) is 0 Å². The van der Waals surface area contributed by atoms with Gasteiger partial charge < -0.3 is 14.6 Å². The molecule has 1 amide bonds. The average Bonchev–Trinajstić information content (AvgIpc) is 3.55. The first-order chi connectivity index (χ1) is 17.2. The Balaban J connectivity index is 1.24. The van der Waals surface area contributed by atoms with Gasteiger partial charge in [-0.05, 0) is 47.3 Å². The minimum atomic E-state index is -0.0667. The number of carbonyl (C=O) groups is 1. The number of ether oxygens (including phenoxy) is 1. The van der Waals surface area contributed by atoms with E-state index in [9.17, 15) is 4.79 Å². The smallest absolute Gasteiger partial charge is 0.240 e. The zero-order valence-electron chi connectivity index (χ0n) is 18.8. The fourth-order valence-corrected chi connectivity index (χ4v) is 4.71. The summed E-state index contributed by atoms with van der Waals surface area (Å²) in [5.41, 5.74) is 4.83. The van der Waals surface area contributed by atoms with Gasteiger partial charge in [0.15, 0.2) is 6.61 Å². The molecule has 0 bridgehead atoms. The highest BCUT2D eigenvalue weighted by Crippen LogP contribution is 2.31. The SMILES string of the molecule is N#CCOc1ccc(-c2ccc(CNC(=O)Cn3c(-c4cccs4)cc4ccccc43)nc2)cc1. The maximum absolute atomic E-state index is 12.9. The number of nitrogens with zero attached hydrogens (tertiary/aromatic N) is 3. The van der Waals surface area contributed by atoms with Gasteiger partial charge >= 0.3 is 0 Å². The highest BCUT2D eigenvalue weighted by molar-refractivity contribution is 7.13. The van der Waals surface area contributed by atoms with E-state index in [0.29, 0.717) is 12.3 Å². The number of aromatic nitrogens is 2. The third-order valence-corrected chi connectivity index (χ3v) is 6.56. The topological polar surface area (TPSA) is 79.9 Å². The maximum atomic E-state index is 12.9. The van der Waals surface area contributed by atoms with Crippen molar-refractivity contribution in [3.05, 3.63) is 96.1 Å². The summed E-state index contributed by atoms with van der Waals surface area (Å²) in [6, 6.07) is 27.7. The summed E-state index contributed by atoms with van der Waals surface area (Å²) in [6.45, 7) is 0.615. The van der Waals surface area contributed by atoms with Crippen molar-refractivity contribution in [3.63, 3.8) is 0 Å². The molecule has 0 aliphatic heterocycles. The zero-order chi connectivity index (χ0) is 24.0. The fraction of sp³-hybridized carbons (Fsp3) is 0.107. The van der Waals surface area contributed by atoms with Gasteiger partial charge in [0.2, 0.25) is 5.91 Å². The van der Waals surface area contributed by atoms with Crippen LogP contribution >= 0.6 is 11.3 Å². The number of nitrogens with one attached hydrogen (secondary N) is 1. The number of nitriles is 1. The normalized spacial score (nSPS) is 10.7. The van der Waals surface area contributed by atoms with Gasteiger partial charge in [0.1, 0.15) is 18.4 Å². The first-order valence-electron chi connectivity index (χ1n) is 11.2. The first-order valence-corrected chi connectivity index (χ1v) is 12.0. The van der Waals surface area contributed by atoms with E-state index in [0.717, 1.165) is 38.3 Å². The third kappa shape index (κ3) is 5.08. The monoisotopic (exact) mass is 478 g/mol. The van der Waals surface area contributed by atoms with Crippen molar-refractivity contribution in [2.75, 3.05) is 6.61 Å². The number of hydrogen-bond donors (Lipinski definition) is 1. The van der Waals surface area contributed by atoms with Gasteiger partial charge in [-0.15, -0.1) is 11.3 Å². The molecule has 172 valence electrons. The van der Waals surface area contributed by atoms with Crippen LogP contribution in [0.25, 0.3) is 32.6 Å². The van der Waals surface area contributed by atoms with E-state index in [4.69, 9.17) is 10.00 Å². The summed E-state index contributed by atoms with van der Waals surface area (Å²) >= 11 is 1.66. The van der Waals surface area contributed by atoms with Gasteiger partial charge in [0, 0.05) is 22.7 Å². The predicted octanol–water partition coefficient (Wildman–Crippen LogP) is 5.65. The molecule has 3 aromatic heterocycles. The molecule has 6 nitrogen and oxygen atoms in total. The minimum absolute atomic E-state index is 0.0250. The standard InChI is InChI=1S/C28H22N4O2S/c29-13-14-34-24-11-8-20(9-12-24)22-7-10-23(30-17-22)18-31-28(33)19-32-25-5-2-1-4-21(25)16-26(32)27-6-3-15-35-27/h1-12,15-17H,14,18-19H2,(H,31,33). The molecule has 3 heterocycles. The molecule has 2 aromatic carbocycles. The molecule has 0 saturated heterocycles. The molecule has 7 heteroatoms. The van der Waals surface area contributed by atoms with Crippen LogP contribution < -0.4 is 10.1 Å². The van der Waals surface area contributed by atoms with Crippen molar-refractivity contribution in [1.82, 2.24) is 14.9 Å². The van der Waals surface area contributed by atoms with Crippen LogP contribution in [0, 0.1) is 11.3 Å². The van der Waals surface area contributed by atoms with Gasteiger partial charge in [-0.25, -0.2) is 0 Å². The van der Waals surface area contributed by atoms with E-state index >= 15 is 0 Å². The molecule has 5 aromatic rings. The molecule has 5 rings (SSSR count). The second kappa shape index (κ2) is 10.2. The second-order valence-corrected chi connectivity index (χ2v) is 8.89. The molecule has 35 heavy (non-hydrogen) atoms. The Morgan fingerprint density at radius 3 is 2.60 bits per heavy atom. The molecule has 0 atom stereocenters. The number of benzene rings is 2. The number of fused-ring (bicyclic) bond motifs is 1. The highest BCUT2D eigenvalue weighted by Gasteiger charge is 2.14. The van der Waals surface area contributed by atoms with Crippen molar-refractivity contribution in [2.24, 2.45) is 0 Å². The fourth-order valence-electron chi connectivity index (χ4n) is 3.96. The Morgan fingerprint density at radius 1 is 1.03 bits per heavy atom. The van der Waals surface area contributed by atoms with Crippen LogP contribution in [0.1, 0.15) is 5.69 Å². The highest BCUT2D eigenvalue weighted by atomic mass is 32.1. The van der Waals surface area contributed by atoms with Crippen molar-refractivity contribution < 1.29 is 9.53 Å². The molecule has 0 spiro atoms. The Labute approximate surface area is 207 Å². The lowest BCUT2D eigenvalue weighted by Gasteiger charge is -2.11. The largest absolute Gasteiger partial charge is 0.479 e. The summed E-state index contributed by atoms with van der Waals surface area (Å²) in [7, 11) is 0. The molecule has 0 aliphatic rings. The van der Waals surface area contributed by atoms with Gasteiger partial charge in [-0.2, -0.15) is 5.26 Å². The minimum Gasteiger partial charge on any atom is -0.479 e. The zero-order valence-corrected chi connectivity index (χ0v) is 19.7. The lowest BCUT2D eigenvalue weighted by Crippen LogP contribution is -2.27. The Hall–Kier alpha value is -4.41. The number of para-hydroxylation sites is 1. The summed E-state index contributed by atoms with van der Waals surface area (Å²) in [5, 5.41) is 14.8. The van der Waals surface area contributed by atoms with Crippen LogP contribution in [0.3, 0.4) is 0 Å². The number of carbonyl (C=O) groups excluding carboxylic acids is 1. The number of thiophene rings is 1. The quantitative estimate of drug-likeness (QED) is 0.313. The van der Waals surface area contributed by atoms with Crippen LogP contribution in [0.15, 0.2) is 90.4 Å². The van der Waals surface area contributed by atoms with Gasteiger partial charge in [-0.3, -0.25) is 9.78 Å². The van der Waals surface area contributed by atoms with E-state index in [2.05, 4.69) is 33.1 Å². The van der Waals surface area contributed by atoms with E-state index in [1.165, 1.54) is 0 Å². The molecule has 0 fully saturated rings. The lowest BCUT2D eigenvalue weighted by atomic mass is 10.1. The van der Waals surface area contributed by atoms with Crippen molar-refractivity contribution in [3.8, 4) is 33.5 Å². The predicted molar refractivity (Wildman–Crippen MR) is 138 cm³/mol. The summed E-state index contributed by atoms with van der Waals surface area (Å²) in [5.74, 6) is 0.586. The van der Waals surface area contributed by atoms with Crippen LogP contribution in [0.2, 0.25) is 0 Å². The summed E-state index contributed by atoms with van der Waals surface area (Å²) < 4.78 is 7.36. The third-order valence-electron chi connectivity index (χ3n) is 5.67. The molecular weight excluding hydrogens is 456 g/mol. The van der Waals surface area contributed by atoms with E-state index in [-0.39, 0.29) is 19.1 Å². The molecular formula is C28H22N4O2S. The maximum Gasteiger partial charge on any atom is 0.240 e.